The average Bonchev–Trinajstić information content (AvgIpc) is 2.91. The molecule has 1 heterocycles. The maximum Gasteiger partial charge on any atom is 0.280 e. The second kappa shape index (κ2) is 4.92. The van der Waals surface area contributed by atoms with E-state index in [4.69, 9.17) is 12.6 Å². The van der Waals surface area contributed by atoms with Crippen molar-refractivity contribution in [2.75, 3.05) is 0 Å². The summed E-state index contributed by atoms with van der Waals surface area (Å²) in [6, 6.07) is 8.18. The molecule has 0 saturated heterocycles. The van der Waals surface area contributed by atoms with Crippen molar-refractivity contribution in [3.63, 3.8) is 0 Å². The molecule has 0 aromatic heterocycles. The van der Waals surface area contributed by atoms with Crippen molar-refractivity contribution in [1.29, 1.82) is 0 Å². The Morgan fingerprint density at radius 2 is 2.08 bits per heavy atom. The Morgan fingerprint density at radius 1 is 1.35 bits per heavy atom. The van der Waals surface area contributed by atoms with Crippen molar-refractivity contribution < 1.29 is 24.4 Å². The summed E-state index contributed by atoms with van der Waals surface area (Å²) in [4.78, 5) is 35.9. The summed E-state index contributed by atoms with van der Waals surface area (Å²) in [5, 5.41) is 25.3. The van der Waals surface area contributed by atoms with Crippen molar-refractivity contribution >= 4 is 30.7 Å². The lowest BCUT2D eigenvalue weighted by Gasteiger charge is -2.33. The van der Waals surface area contributed by atoms with Crippen molar-refractivity contribution in [2.45, 2.75) is 18.2 Å². The average molecular weight is 350 g/mol. The number of nitro groups is 1. The van der Waals surface area contributed by atoms with Crippen molar-refractivity contribution in [3.8, 4) is 5.75 Å². The molecule has 9 heteroatoms. The van der Waals surface area contributed by atoms with Crippen LogP contribution in [0.15, 0.2) is 36.4 Å². The van der Waals surface area contributed by atoms with Crippen molar-refractivity contribution in [1.82, 2.24) is 5.32 Å². The van der Waals surface area contributed by atoms with Gasteiger partial charge in [-0.05, 0) is 6.07 Å². The van der Waals surface area contributed by atoms with E-state index < -0.39 is 33.6 Å². The monoisotopic (exact) mass is 350 g/mol. The van der Waals surface area contributed by atoms with Gasteiger partial charge in [0.05, 0.1) is 4.92 Å². The second-order valence-electron chi connectivity index (χ2n) is 6.22. The van der Waals surface area contributed by atoms with Crippen LogP contribution in [-0.4, -0.2) is 29.6 Å². The summed E-state index contributed by atoms with van der Waals surface area (Å²) < 4.78 is 5.63. The van der Waals surface area contributed by atoms with E-state index in [1.807, 2.05) is 0 Å². The molecule has 2 radical (unpaired) electrons. The number of rotatable bonds is 2. The molecule has 1 aliphatic carbocycles. The molecule has 128 valence electrons. The SMILES string of the molecule is [B]c1ccc2c(c1)OC1(O)c3c(cccc3[N+](=O)[O-])C(=O)C21NC(C)=O. The molecule has 2 aromatic carbocycles. The zero-order chi connectivity index (χ0) is 18.9. The van der Waals surface area contributed by atoms with Crippen LogP contribution in [0, 0.1) is 10.1 Å². The molecule has 2 N–H and O–H groups in total. The van der Waals surface area contributed by atoms with Gasteiger partial charge < -0.3 is 15.2 Å². The quantitative estimate of drug-likeness (QED) is 0.452. The van der Waals surface area contributed by atoms with Gasteiger partial charge in [0, 0.05) is 24.1 Å². The number of fused-ring (bicyclic) bond motifs is 5. The number of hydrogen-bond acceptors (Lipinski definition) is 6. The highest BCUT2D eigenvalue weighted by Gasteiger charge is 2.73. The largest absolute Gasteiger partial charge is 0.454 e. The number of Topliss-reactive ketones (excluding diaryl/α,β-unsaturated/α-hetero) is 1. The number of nitrogens with zero attached hydrogens (tertiary/aromatic N) is 1. The Bertz CT molecular complexity index is 1020. The molecular weight excluding hydrogens is 339 g/mol. The van der Waals surface area contributed by atoms with Gasteiger partial charge in [0.15, 0.2) is 0 Å². The number of carbonyl (C=O) groups is 2. The van der Waals surface area contributed by atoms with E-state index >= 15 is 0 Å². The van der Waals surface area contributed by atoms with Gasteiger partial charge in [-0.2, -0.15) is 0 Å². The minimum atomic E-state index is -2.47. The summed E-state index contributed by atoms with van der Waals surface area (Å²) in [5.74, 6) is -3.71. The number of carbonyl (C=O) groups excluding carboxylic acids is 2. The molecule has 8 nitrogen and oxygen atoms in total. The maximum absolute atomic E-state index is 13.3. The van der Waals surface area contributed by atoms with Crippen molar-refractivity contribution in [2.24, 2.45) is 0 Å². The molecule has 2 aliphatic rings. The fourth-order valence-corrected chi connectivity index (χ4v) is 3.78. The molecule has 2 aromatic rings. The van der Waals surface area contributed by atoms with Gasteiger partial charge in [0.1, 0.15) is 19.2 Å². The molecule has 0 bridgehead atoms. The van der Waals surface area contributed by atoms with Crippen LogP contribution in [0.5, 0.6) is 5.75 Å². The first kappa shape index (κ1) is 16.3. The van der Waals surface area contributed by atoms with Crippen LogP contribution in [-0.2, 0) is 16.1 Å². The van der Waals surface area contributed by atoms with Crippen LogP contribution >= 0.6 is 0 Å². The van der Waals surface area contributed by atoms with Gasteiger partial charge in [-0.15, -0.1) is 0 Å². The molecular formula is C17H11BN2O6. The topological polar surface area (TPSA) is 119 Å². The number of aliphatic hydroxyl groups is 1. The highest BCUT2D eigenvalue weighted by molar-refractivity contribution is 6.32. The molecule has 1 aliphatic heterocycles. The van der Waals surface area contributed by atoms with Gasteiger partial charge in [-0.1, -0.05) is 29.7 Å². The smallest absolute Gasteiger partial charge is 0.280 e. The van der Waals surface area contributed by atoms with E-state index in [1.54, 1.807) is 0 Å². The van der Waals surface area contributed by atoms with E-state index in [1.165, 1.54) is 37.3 Å². The van der Waals surface area contributed by atoms with E-state index in [0.29, 0.717) is 5.46 Å². The summed E-state index contributed by atoms with van der Waals surface area (Å²) in [7, 11) is 5.73. The summed E-state index contributed by atoms with van der Waals surface area (Å²) >= 11 is 0. The standard InChI is InChI=1S/C17H11BN2O6/c1-8(21)19-16-11-6-5-9(18)7-13(11)26-17(16,23)14-10(15(16)22)3-2-4-12(14)20(24)25/h2-7,23H,1H3,(H,19,21). The van der Waals surface area contributed by atoms with Crippen LogP contribution in [0.1, 0.15) is 28.4 Å². The summed E-state index contributed by atoms with van der Waals surface area (Å²) in [6.07, 6.45) is 0. The number of ketones is 1. The Hall–Kier alpha value is -3.20. The lowest BCUT2D eigenvalue weighted by Crippen LogP contribution is -2.59. The van der Waals surface area contributed by atoms with Gasteiger partial charge in [0.2, 0.25) is 17.2 Å². The first-order chi connectivity index (χ1) is 12.2. The molecule has 2 unspecified atom stereocenters. The first-order valence-electron chi connectivity index (χ1n) is 7.65. The fraction of sp³-hybridized carbons (Fsp3) is 0.176. The predicted molar refractivity (Wildman–Crippen MR) is 89.3 cm³/mol. The third kappa shape index (κ3) is 1.72. The number of benzene rings is 2. The molecule has 26 heavy (non-hydrogen) atoms. The minimum Gasteiger partial charge on any atom is -0.454 e. The third-order valence-corrected chi connectivity index (χ3v) is 4.70. The molecule has 0 fully saturated rings. The minimum absolute atomic E-state index is 0.0680. The molecule has 0 saturated carbocycles. The maximum atomic E-state index is 13.3. The predicted octanol–water partition coefficient (Wildman–Crippen LogP) is 0.154. The van der Waals surface area contributed by atoms with Crippen LogP contribution < -0.4 is 15.5 Å². The van der Waals surface area contributed by atoms with Gasteiger partial charge in [0.25, 0.3) is 11.5 Å². The van der Waals surface area contributed by atoms with Crippen LogP contribution in [0.2, 0.25) is 0 Å². The first-order valence-corrected chi connectivity index (χ1v) is 7.65. The molecule has 2 atom stereocenters. The zero-order valence-corrected chi connectivity index (χ0v) is 13.5. The summed E-state index contributed by atoms with van der Waals surface area (Å²) in [6.45, 7) is 1.18. The fourth-order valence-electron chi connectivity index (χ4n) is 3.78. The Labute approximate surface area is 148 Å². The summed E-state index contributed by atoms with van der Waals surface area (Å²) in [5.41, 5.74) is -2.40. The number of hydrogen-bond donors (Lipinski definition) is 2. The normalized spacial score (nSPS) is 25.1. The van der Waals surface area contributed by atoms with Gasteiger partial charge >= 0.3 is 0 Å². The van der Waals surface area contributed by atoms with E-state index in [9.17, 15) is 24.8 Å². The number of amides is 1. The lowest BCUT2D eigenvalue weighted by molar-refractivity contribution is -0.388. The number of ether oxygens (including phenoxy) is 1. The zero-order valence-electron chi connectivity index (χ0n) is 13.5. The van der Waals surface area contributed by atoms with E-state index in [-0.39, 0.29) is 22.4 Å². The molecule has 4 rings (SSSR count). The number of nitro benzene ring substituents is 1. The Morgan fingerprint density at radius 3 is 2.73 bits per heavy atom. The molecule has 0 spiro atoms. The van der Waals surface area contributed by atoms with E-state index in [0.717, 1.165) is 6.07 Å². The number of nitrogens with one attached hydrogen (secondary N) is 1. The lowest BCUT2D eigenvalue weighted by atomic mass is 9.81. The van der Waals surface area contributed by atoms with Gasteiger partial charge in [-0.25, -0.2) is 0 Å². The van der Waals surface area contributed by atoms with Crippen molar-refractivity contribution in [3.05, 3.63) is 63.2 Å². The van der Waals surface area contributed by atoms with Crippen LogP contribution in [0.3, 0.4) is 0 Å². The Balaban J connectivity index is 2.10. The van der Waals surface area contributed by atoms with Gasteiger partial charge in [-0.3, -0.25) is 19.7 Å². The molecule has 1 amide bonds. The Kier molecular flexibility index (Phi) is 3.08. The third-order valence-electron chi connectivity index (χ3n) is 4.70. The van der Waals surface area contributed by atoms with E-state index in [2.05, 4.69) is 5.32 Å². The second-order valence-corrected chi connectivity index (χ2v) is 6.22. The van der Waals surface area contributed by atoms with Crippen LogP contribution in [0.25, 0.3) is 0 Å². The highest BCUT2D eigenvalue weighted by Crippen LogP contribution is 2.59. The highest BCUT2D eigenvalue weighted by atomic mass is 16.6. The van der Waals surface area contributed by atoms with Crippen LogP contribution in [0.4, 0.5) is 5.69 Å².